The minimum absolute atomic E-state index is 0.109. The van der Waals surface area contributed by atoms with Gasteiger partial charge in [-0.05, 0) is 60.4 Å². The highest BCUT2D eigenvalue weighted by Crippen LogP contribution is 2.21. The number of benzene rings is 3. The Morgan fingerprint density at radius 2 is 1.57 bits per heavy atom. The summed E-state index contributed by atoms with van der Waals surface area (Å²) in [6.07, 6.45) is 5.84. The molecule has 37 heavy (non-hydrogen) atoms. The Bertz CT molecular complexity index is 1160. The maximum atomic E-state index is 13.8. The summed E-state index contributed by atoms with van der Waals surface area (Å²) >= 11 is 6.95. The summed E-state index contributed by atoms with van der Waals surface area (Å²) in [4.78, 5) is 29.1. The standard InChI is InChI=1S/C30H32Br2N2O3/c31-24-14-16-27(17-15-24)37-21-29(35)34(20-23-10-7-11-25(32)18-23)28(19-22-8-3-1-4-9-22)30(36)33-26-12-5-2-6-13-26/h1,3-4,7-11,14-18,26,28H,2,5-6,12-13,19-21H2,(H,33,36)/t28-/m1/s1. The van der Waals surface area contributed by atoms with Crippen molar-refractivity contribution in [3.63, 3.8) is 0 Å². The van der Waals surface area contributed by atoms with Gasteiger partial charge in [-0.2, -0.15) is 0 Å². The number of halogens is 2. The number of rotatable bonds is 10. The maximum Gasteiger partial charge on any atom is 0.261 e. The van der Waals surface area contributed by atoms with Gasteiger partial charge in [-0.1, -0.05) is 93.6 Å². The van der Waals surface area contributed by atoms with Crippen LogP contribution in [-0.2, 0) is 22.6 Å². The summed E-state index contributed by atoms with van der Waals surface area (Å²) in [7, 11) is 0. The zero-order chi connectivity index (χ0) is 26.0. The Balaban J connectivity index is 1.60. The van der Waals surface area contributed by atoms with Gasteiger partial charge in [0.1, 0.15) is 11.8 Å². The number of amides is 2. The first kappa shape index (κ1) is 27.4. The molecule has 3 aromatic carbocycles. The van der Waals surface area contributed by atoms with Crippen molar-refractivity contribution in [1.29, 1.82) is 0 Å². The number of hydrogen-bond acceptors (Lipinski definition) is 3. The minimum Gasteiger partial charge on any atom is -0.484 e. The van der Waals surface area contributed by atoms with Crippen LogP contribution >= 0.6 is 31.9 Å². The van der Waals surface area contributed by atoms with E-state index in [4.69, 9.17) is 4.74 Å². The second kappa shape index (κ2) is 13.8. The topological polar surface area (TPSA) is 58.6 Å². The van der Waals surface area contributed by atoms with E-state index >= 15 is 0 Å². The van der Waals surface area contributed by atoms with Gasteiger partial charge in [0.05, 0.1) is 0 Å². The van der Waals surface area contributed by atoms with Crippen LogP contribution in [0.5, 0.6) is 5.75 Å². The van der Waals surface area contributed by atoms with Gasteiger partial charge in [-0.25, -0.2) is 0 Å². The number of ether oxygens (including phenoxy) is 1. The third-order valence-electron chi connectivity index (χ3n) is 6.64. The van der Waals surface area contributed by atoms with Crippen LogP contribution in [0.2, 0.25) is 0 Å². The fourth-order valence-electron chi connectivity index (χ4n) is 4.69. The Morgan fingerprint density at radius 3 is 2.27 bits per heavy atom. The van der Waals surface area contributed by atoms with E-state index in [1.54, 1.807) is 4.90 Å². The van der Waals surface area contributed by atoms with Crippen LogP contribution in [0.1, 0.15) is 43.2 Å². The summed E-state index contributed by atoms with van der Waals surface area (Å²) in [5, 5.41) is 3.26. The van der Waals surface area contributed by atoms with Crippen molar-refractivity contribution < 1.29 is 14.3 Å². The zero-order valence-corrected chi connectivity index (χ0v) is 23.9. The highest BCUT2D eigenvalue weighted by atomic mass is 79.9. The molecule has 1 aliphatic rings. The molecule has 0 aromatic heterocycles. The van der Waals surface area contributed by atoms with Crippen LogP contribution in [0.3, 0.4) is 0 Å². The van der Waals surface area contributed by atoms with Gasteiger partial charge in [0.15, 0.2) is 6.61 Å². The van der Waals surface area contributed by atoms with E-state index in [9.17, 15) is 9.59 Å². The Labute approximate surface area is 235 Å². The van der Waals surface area contributed by atoms with E-state index in [-0.39, 0.29) is 24.5 Å². The molecule has 0 unspecified atom stereocenters. The van der Waals surface area contributed by atoms with Gasteiger partial charge in [0.2, 0.25) is 5.91 Å². The van der Waals surface area contributed by atoms with Crippen molar-refractivity contribution in [2.24, 2.45) is 0 Å². The molecule has 0 aliphatic heterocycles. The van der Waals surface area contributed by atoms with Crippen molar-refractivity contribution in [2.75, 3.05) is 6.61 Å². The predicted molar refractivity (Wildman–Crippen MR) is 153 cm³/mol. The molecule has 3 aromatic rings. The lowest BCUT2D eigenvalue weighted by Crippen LogP contribution is -2.53. The number of nitrogens with one attached hydrogen (secondary N) is 1. The molecule has 0 saturated heterocycles. The molecule has 0 spiro atoms. The van der Waals surface area contributed by atoms with E-state index in [1.807, 2.05) is 78.9 Å². The van der Waals surface area contributed by atoms with Gasteiger partial charge in [-0.15, -0.1) is 0 Å². The minimum atomic E-state index is -0.663. The van der Waals surface area contributed by atoms with E-state index in [0.29, 0.717) is 18.7 Å². The second-order valence-corrected chi connectivity index (χ2v) is 11.3. The predicted octanol–water partition coefficient (Wildman–Crippen LogP) is 6.68. The number of carbonyl (C=O) groups is 2. The third kappa shape index (κ3) is 8.44. The third-order valence-corrected chi connectivity index (χ3v) is 7.66. The van der Waals surface area contributed by atoms with Crippen LogP contribution in [-0.4, -0.2) is 35.4 Å². The van der Waals surface area contributed by atoms with Crippen LogP contribution < -0.4 is 10.1 Å². The Morgan fingerprint density at radius 1 is 0.865 bits per heavy atom. The van der Waals surface area contributed by atoms with E-state index in [2.05, 4.69) is 37.2 Å². The smallest absolute Gasteiger partial charge is 0.261 e. The average molecular weight is 628 g/mol. The SMILES string of the molecule is O=C(NC1CCCCC1)[C@@H](Cc1ccccc1)N(Cc1cccc(Br)c1)C(=O)COc1ccc(Br)cc1. The molecule has 0 heterocycles. The molecule has 5 nitrogen and oxygen atoms in total. The van der Waals surface area contributed by atoms with Crippen molar-refractivity contribution in [2.45, 2.75) is 57.2 Å². The molecule has 1 saturated carbocycles. The van der Waals surface area contributed by atoms with Gasteiger partial charge in [0, 0.05) is 28.0 Å². The highest BCUT2D eigenvalue weighted by molar-refractivity contribution is 9.10. The molecule has 2 amide bonds. The van der Waals surface area contributed by atoms with Crippen LogP contribution in [0.25, 0.3) is 0 Å². The van der Waals surface area contributed by atoms with Crippen molar-refractivity contribution in [3.8, 4) is 5.75 Å². The molecule has 1 fully saturated rings. The quantitative estimate of drug-likeness (QED) is 0.273. The monoisotopic (exact) mass is 626 g/mol. The number of carbonyl (C=O) groups excluding carboxylic acids is 2. The van der Waals surface area contributed by atoms with Crippen molar-refractivity contribution in [1.82, 2.24) is 10.2 Å². The number of nitrogens with zero attached hydrogens (tertiary/aromatic N) is 1. The molecular formula is C30H32Br2N2O3. The summed E-state index contributed by atoms with van der Waals surface area (Å²) in [5.41, 5.74) is 1.95. The summed E-state index contributed by atoms with van der Waals surface area (Å²) in [6.45, 7) is 0.148. The van der Waals surface area contributed by atoms with Crippen molar-refractivity contribution in [3.05, 3.63) is 98.9 Å². The molecule has 4 rings (SSSR count). The fraction of sp³-hybridized carbons (Fsp3) is 0.333. The first-order chi connectivity index (χ1) is 18.0. The molecular weight excluding hydrogens is 596 g/mol. The van der Waals surface area contributed by atoms with E-state index in [1.165, 1.54) is 6.42 Å². The van der Waals surface area contributed by atoms with E-state index in [0.717, 1.165) is 45.8 Å². The van der Waals surface area contributed by atoms with Crippen molar-refractivity contribution >= 4 is 43.7 Å². The van der Waals surface area contributed by atoms with Crippen LogP contribution in [0, 0.1) is 0 Å². The molecule has 1 aliphatic carbocycles. The lowest BCUT2D eigenvalue weighted by atomic mass is 9.94. The first-order valence-corrected chi connectivity index (χ1v) is 14.3. The lowest BCUT2D eigenvalue weighted by molar-refractivity contribution is -0.143. The second-order valence-electron chi connectivity index (χ2n) is 9.44. The number of hydrogen-bond donors (Lipinski definition) is 1. The molecule has 7 heteroatoms. The highest BCUT2D eigenvalue weighted by Gasteiger charge is 2.32. The normalized spacial score (nSPS) is 14.5. The van der Waals surface area contributed by atoms with Gasteiger partial charge < -0.3 is 15.0 Å². The van der Waals surface area contributed by atoms with Gasteiger partial charge in [0.25, 0.3) is 5.91 Å². The summed E-state index contributed by atoms with van der Waals surface area (Å²) in [6, 6.07) is 24.6. The van der Waals surface area contributed by atoms with Gasteiger partial charge >= 0.3 is 0 Å². The largest absolute Gasteiger partial charge is 0.484 e. The van der Waals surface area contributed by atoms with E-state index < -0.39 is 6.04 Å². The average Bonchev–Trinajstić information content (AvgIpc) is 2.91. The summed E-state index contributed by atoms with van der Waals surface area (Å²) < 4.78 is 7.70. The van der Waals surface area contributed by atoms with Crippen LogP contribution in [0.15, 0.2) is 87.8 Å². The Hall–Kier alpha value is -2.64. The lowest BCUT2D eigenvalue weighted by Gasteiger charge is -2.33. The molecule has 0 bridgehead atoms. The Kier molecular flexibility index (Phi) is 10.2. The molecule has 0 radical (unpaired) electrons. The fourth-order valence-corrected chi connectivity index (χ4v) is 5.40. The van der Waals surface area contributed by atoms with Gasteiger partial charge in [-0.3, -0.25) is 9.59 Å². The molecule has 1 atom stereocenters. The maximum absolute atomic E-state index is 13.8. The molecule has 194 valence electrons. The molecule has 1 N–H and O–H groups in total. The zero-order valence-electron chi connectivity index (χ0n) is 20.7. The first-order valence-electron chi connectivity index (χ1n) is 12.7. The summed E-state index contributed by atoms with van der Waals surface area (Å²) in [5.74, 6) is 0.260. The van der Waals surface area contributed by atoms with Crippen LogP contribution in [0.4, 0.5) is 0 Å².